The van der Waals surface area contributed by atoms with Crippen LogP contribution in [0.25, 0.3) is 0 Å². The number of aryl methyl sites for hydroxylation is 1. The highest BCUT2D eigenvalue weighted by Crippen LogP contribution is 2.10. The smallest absolute Gasteiger partial charge is 0.244 e. The molecule has 2 heterocycles. The van der Waals surface area contributed by atoms with Crippen molar-refractivity contribution in [3.8, 4) is 0 Å². The molecule has 0 aliphatic carbocycles. The number of pyridine rings is 1. The summed E-state index contributed by atoms with van der Waals surface area (Å²) in [5.41, 5.74) is 5.87. The zero-order valence-electron chi connectivity index (χ0n) is 12.0. The molecule has 0 fully saturated rings. The molecule has 0 aliphatic heterocycles. The Morgan fingerprint density at radius 3 is 2.64 bits per heavy atom. The molecule has 10 heteroatoms. The van der Waals surface area contributed by atoms with Crippen molar-refractivity contribution >= 4 is 27.4 Å². The largest absolute Gasteiger partial charge is 0.384 e. The highest BCUT2D eigenvalue weighted by atomic mass is 32.2. The van der Waals surface area contributed by atoms with Gasteiger partial charge in [-0.05, 0) is 19.1 Å². The van der Waals surface area contributed by atoms with E-state index < -0.39 is 22.0 Å². The lowest BCUT2D eigenvalue weighted by molar-refractivity contribution is -0.117. The van der Waals surface area contributed by atoms with Gasteiger partial charge in [-0.3, -0.25) is 9.48 Å². The van der Waals surface area contributed by atoms with Gasteiger partial charge in [-0.15, -0.1) is 0 Å². The fourth-order valence-corrected chi connectivity index (χ4v) is 2.81. The lowest BCUT2D eigenvalue weighted by atomic mass is 10.3. The molecule has 0 saturated heterocycles. The fourth-order valence-electron chi connectivity index (χ4n) is 1.62. The van der Waals surface area contributed by atoms with Crippen molar-refractivity contribution in [1.82, 2.24) is 19.5 Å². The van der Waals surface area contributed by atoms with Gasteiger partial charge in [0, 0.05) is 13.2 Å². The number of carbonyl (C=O) groups is 1. The highest BCUT2D eigenvalue weighted by Gasteiger charge is 2.23. The van der Waals surface area contributed by atoms with E-state index in [0.717, 1.165) is 0 Å². The van der Waals surface area contributed by atoms with Gasteiger partial charge in [0.1, 0.15) is 10.7 Å². The minimum Gasteiger partial charge on any atom is -0.384 e. The summed E-state index contributed by atoms with van der Waals surface area (Å²) in [5.74, 6) is -0.192. The summed E-state index contributed by atoms with van der Waals surface area (Å²) in [7, 11) is -2.21. The summed E-state index contributed by atoms with van der Waals surface area (Å²) in [6.07, 6.45) is 3.93. The van der Waals surface area contributed by atoms with E-state index in [1.807, 2.05) is 0 Å². The maximum Gasteiger partial charge on any atom is 0.244 e. The van der Waals surface area contributed by atoms with Crippen LogP contribution in [0.1, 0.15) is 6.92 Å². The van der Waals surface area contributed by atoms with E-state index in [0.29, 0.717) is 11.5 Å². The second-order valence-electron chi connectivity index (χ2n) is 4.65. The molecule has 0 aliphatic rings. The van der Waals surface area contributed by atoms with Crippen LogP contribution in [0.15, 0.2) is 35.6 Å². The Kier molecular flexibility index (Phi) is 4.43. The number of nitrogen functional groups attached to an aromatic ring is 1. The molecule has 4 N–H and O–H groups in total. The van der Waals surface area contributed by atoms with Gasteiger partial charge < -0.3 is 11.1 Å². The number of hydrogen-bond acceptors (Lipinski definition) is 6. The predicted molar refractivity (Wildman–Crippen MR) is 80.3 cm³/mol. The summed E-state index contributed by atoms with van der Waals surface area (Å²) in [6, 6.07) is 2.13. The third-order valence-corrected chi connectivity index (χ3v) is 4.27. The SMILES string of the molecule is CC(NS(=O)(=O)c1cnn(C)c1)C(=O)Nc1ccc(N)nc1. The van der Waals surface area contributed by atoms with E-state index >= 15 is 0 Å². The molecule has 1 atom stereocenters. The van der Waals surface area contributed by atoms with Crippen LogP contribution in [0.3, 0.4) is 0 Å². The zero-order chi connectivity index (χ0) is 16.3. The van der Waals surface area contributed by atoms with Crippen molar-refractivity contribution in [3.05, 3.63) is 30.7 Å². The maximum absolute atomic E-state index is 12.1. The quantitative estimate of drug-likeness (QED) is 0.692. The number of nitrogens with zero attached hydrogens (tertiary/aromatic N) is 3. The molecule has 2 rings (SSSR count). The minimum absolute atomic E-state index is 0.0104. The lowest BCUT2D eigenvalue weighted by Gasteiger charge is -2.13. The highest BCUT2D eigenvalue weighted by molar-refractivity contribution is 7.89. The average molecular weight is 324 g/mol. The topological polar surface area (TPSA) is 132 Å². The van der Waals surface area contributed by atoms with Crippen LogP contribution in [0.4, 0.5) is 11.5 Å². The van der Waals surface area contributed by atoms with Crippen molar-refractivity contribution in [1.29, 1.82) is 0 Å². The molecule has 0 spiro atoms. The van der Waals surface area contributed by atoms with Gasteiger partial charge >= 0.3 is 0 Å². The second-order valence-corrected chi connectivity index (χ2v) is 6.37. The van der Waals surface area contributed by atoms with Crippen molar-refractivity contribution < 1.29 is 13.2 Å². The predicted octanol–water partition coefficient (Wildman–Crippen LogP) is -0.297. The summed E-state index contributed by atoms with van der Waals surface area (Å²) in [5, 5.41) is 6.33. The van der Waals surface area contributed by atoms with Crippen LogP contribution in [0, 0.1) is 0 Å². The van der Waals surface area contributed by atoms with E-state index in [9.17, 15) is 13.2 Å². The number of amides is 1. The number of hydrogen-bond donors (Lipinski definition) is 3. The van der Waals surface area contributed by atoms with E-state index in [4.69, 9.17) is 5.73 Å². The van der Waals surface area contributed by atoms with Crippen LogP contribution in [0.2, 0.25) is 0 Å². The molecule has 22 heavy (non-hydrogen) atoms. The number of nitrogens with one attached hydrogen (secondary N) is 2. The molecule has 1 unspecified atom stereocenters. The van der Waals surface area contributed by atoms with Crippen molar-refractivity contribution in [3.63, 3.8) is 0 Å². The molecular formula is C12H16N6O3S. The standard InChI is InChI=1S/C12H16N6O3S/c1-8(12(19)16-9-3-4-11(13)14-5-9)17-22(20,21)10-6-15-18(2)7-10/h3-8,17H,1-2H3,(H2,13,14)(H,16,19). The summed E-state index contributed by atoms with van der Waals surface area (Å²) in [4.78, 5) is 15.8. The monoisotopic (exact) mass is 324 g/mol. The Bertz CT molecular complexity index is 768. The maximum atomic E-state index is 12.1. The number of aromatic nitrogens is 3. The third-order valence-electron chi connectivity index (χ3n) is 2.77. The molecule has 0 aromatic carbocycles. The normalized spacial score (nSPS) is 12.8. The van der Waals surface area contributed by atoms with Crippen molar-refractivity contribution in [2.45, 2.75) is 17.9 Å². The molecule has 2 aromatic rings. The fraction of sp³-hybridized carbons (Fsp3) is 0.250. The van der Waals surface area contributed by atoms with Gasteiger partial charge in [0.25, 0.3) is 0 Å². The van der Waals surface area contributed by atoms with E-state index in [-0.39, 0.29) is 4.90 Å². The second kappa shape index (κ2) is 6.12. The molecule has 0 bridgehead atoms. The Morgan fingerprint density at radius 1 is 1.36 bits per heavy atom. The van der Waals surface area contributed by atoms with E-state index in [1.165, 1.54) is 36.3 Å². The van der Waals surface area contributed by atoms with Gasteiger partial charge in [0.15, 0.2) is 0 Å². The molecular weight excluding hydrogens is 308 g/mol. The van der Waals surface area contributed by atoms with Crippen LogP contribution >= 0.6 is 0 Å². The zero-order valence-corrected chi connectivity index (χ0v) is 12.8. The van der Waals surface area contributed by atoms with Gasteiger partial charge in [0.05, 0.1) is 24.1 Å². The Morgan fingerprint density at radius 2 is 2.09 bits per heavy atom. The first kappa shape index (κ1) is 15.9. The molecule has 9 nitrogen and oxygen atoms in total. The van der Waals surface area contributed by atoms with Crippen LogP contribution in [0.5, 0.6) is 0 Å². The van der Waals surface area contributed by atoms with Crippen molar-refractivity contribution in [2.24, 2.45) is 7.05 Å². The van der Waals surface area contributed by atoms with Gasteiger partial charge in [-0.25, -0.2) is 13.4 Å². The first-order valence-electron chi connectivity index (χ1n) is 6.31. The third kappa shape index (κ3) is 3.80. The Balaban J connectivity index is 2.03. The average Bonchev–Trinajstić information content (AvgIpc) is 2.88. The summed E-state index contributed by atoms with van der Waals surface area (Å²) >= 11 is 0. The van der Waals surface area contributed by atoms with Gasteiger partial charge in [-0.1, -0.05) is 0 Å². The van der Waals surface area contributed by atoms with E-state index in [2.05, 4.69) is 20.1 Å². The summed E-state index contributed by atoms with van der Waals surface area (Å²) < 4.78 is 27.8. The number of rotatable bonds is 5. The Hall–Kier alpha value is -2.46. The Labute approximate surface area is 127 Å². The summed E-state index contributed by atoms with van der Waals surface area (Å²) in [6.45, 7) is 1.44. The number of sulfonamides is 1. The molecule has 2 aromatic heterocycles. The first-order valence-corrected chi connectivity index (χ1v) is 7.79. The van der Waals surface area contributed by atoms with E-state index in [1.54, 1.807) is 13.1 Å². The van der Waals surface area contributed by atoms with Crippen molar-refractivity contribution in [2.75, 3.05) is 11.1 Å². The van der Waals surface area contributed by atoms with Gasteiger partial charge in [0.2, 0.25) is 15.9 Å². The first-order chi connectivity index (χ1) is 10.3. The van der Waals surface area contributed by atoms with Crippen LogP contribution in [-0.4, -0.2) is 35.1 Å². The number of anilines is 2. The minimum atomic E-state index is -3.81. The molecule has 1 amide bonds. The number of carbonyl (C=O) groups excluding carboxylic acids is 1. The molecule has 0 radical (unpaired) electrons. The number of nitrogens with two attached hydrogens (primary N) is 1. The molecule has 0 saturated carbocycles. The molecule has 118 valence electrons. The van der Waals surface area contributed by atoms with Gasteiger partial charge in [-0.2, -0.15) is 9.82 Å². The lowest BCUT2D eigenvalue weighted by Crippen LogP contribution is -2.41. The van der Waals surface area contributed by atoms with Crippen LogP contribution in [-0.2, 0) is 21.9 Å². The van der Waals surface area contributed by atoms with Crippen LogP contribution < -0.4 is 15.8 Å².